The molecule has 18 heavy (non-hydrogen) atoms. The minimum atomic E-state index is -3.10. The molecule has 0 aromatic rings. The number of nitrogens with one attached hydrogen (secondary N) is 2. The lowest BCUT2D eigenvalue weighted by molar-refractivity contribution is 0.0678. The molecule has 1 aliphatic heterocycles. The van der Waals surface area contributed by atoms with E-state index in [1.54, 1.807) is 0 Å². The third kappa shape index (κ3) is 7.31. The summed E-state index contributed by atoms with van der Waals surface area (Å²) in [6, 6.07) is 0. The lowest BCUT2D eigenvalue weighted by atomic mass is 10.0. The van der Waals surface area contributed by atoms with Gasteiger partial charge in [-0.25, -0.2) is 13.1 Å². The lowest BCUT2D eigenvalue weighted by Crippen LogP contribution is -2.34. The van der Waals surface area contributed by atoms with Crippen molar-refractivity contribution in [2.24, 2.45) is 5.92 Å². The van der Waals surface area contributed by atoms with Crippen molar-refractivity contribution in [3.8, 4) is 0 Å². The summed E-state index contributed by atoms with van der Waals surface area (Å²) in [4.78, 5) is 0. The van der Waals surface area contributed by atoms with Gasteiger partial charge in [0.05, 0.1) is 5.75 Å². The SMILES string of the molecule is CCCNCCCS(=O)(=O)NCC1CCOCC1. The van der Waals surface area contributed by atoms with Crippen LogP contribution in [0.1, 0.15) is 32.6 Å². The first-order chi connectivity index (χ1) is 8.64. The van der Waals surface area contributed by atoms with Gasteiger partial charge in [-0.3, -0.25) is 0 Å². The molecule has 0 aromatic carbocycles. The Kier molecular flexibility index (Phi) is 7.81. The molecule has 2 N–H and O–H groups in total. The van der Waals surface area contributed by atoms with Crippen molar-refractivity contribution < 1.29 is 13.2 Å². The minimum absolute atomic E-state index is 0.215. The van der Waals surface area contributed by atoms with E-state index in [0.717, 1.165) is 45.6 Å². The van der Waals surface area contributed by atoms with Crippen LogP contribution >= 0.6 is 0 Å². The molecule has 1 heterocycles. The highest BCUT2D eigenvalue weighted by Gasteiger charge is 2.17. The van der Waals surface area contributed by atoms with Crippen LogP contribution in [0.5, 0.6) is 0 Å². The molecule has 108 valence electrons. The third-order valence-corrected chi connectivity index (χ3v) is 4.56. The molecular weight excluding hydrogens is 252 g/mol. The van der Waals surface area contributed by atoms with Gasteiger partial charge in [0.25, 0.3) is 0 Å². The monoisotopic (exact) mass is 278 g/mol. The number of hydrogen-bond acceptors (Lipinski definition) is 4. The first-order valence-electron chi connectivity index (χ1n) is 6.90. The summed E-state index contributed by atoms with van der Waals surface area (Å²) in [7, 11) is -3.10. The molecule has 1 saturated heterocycles. The highest BCUT2D eigenvalue weighted by molar-refractivity contribution is 7.89. The molecule has 0 saturated carbocycles. The quantitative estimate of drug-likeness (QED) is 0.610. The summed E-state index contributed by atoms with van der Waals surface area (Å²) in [6.07, 6.45) is 3.67. The average Bonchev–Trinajstić information content (AvgIpc) is 2.38. The van der Waals surface area contributed by atoms with Crippen molar-refractivity contribution in [3.05, 3.63) is 0 Å². The number of hydrogen-bond donors (Lipinski definition) is 2. The van der Waals surface area contributed by atoms with Crippen molar-refractivity contribution in [2.45, 2.75) is 32.6 Å². The molecule has 0 radical (unpaired) electrons. The first-order valence-corrected chi connectivity index (χ1v) is 8.55. The molecule has 0 spiro atoms. The Labute approximate surface area is 111 Å². The lowest BCUT2D eigenvalue weighted by Gasteiger charge is -2.22. The summed E-state index contributed by atoms with van der Waals surface area (Å²) in [5, 5.41) is 3.20. The Morgan fingerprint density at radius 1 is 1.22 bits per heavy atom. The highest BCUT2D eigenvalue weighted by Crippen LogP contribution is 2.13. The Bertz CT molecular complexity index is 300. The van der Waals surface area contributed by atoms with Crippen molar-refractivity contribution >= 4 is 10.0 Å². The van der Waals surface area contributed by atoms with Gasteiger partial charge in [0.1, 0.15) is 0 Å². The van der Waals surface area contributed by atoms with E-state index >= 15 is 0 Å². The predicted octanol–water partition coefficient (Wildman–Crippen LogP) is 0.722. The van der Waals surface area contributed by atoms with Gasteiger partial charge in [0.15, 0.2) is 0 Å². The van der Waals surface area contributed by atoms with Crippen LogP contribution in [0.25, 0.3) is 0 Å². The second kappa shape index (κ2) is 8.85. The normalized spacial score (nSPS) is 18.1. The molecular formula is C12H26N2O3S. The maximum absolute atomic E-state index is 11.7. The van der Waals surface area contributed by atoms with Crippen LogP contribution in [-0.2, 0) is 14.8 Å². The van der Waals surface area contributed by atoms with E-state index in [1.165, 1.54) is 0 Å². The second-order valence-electron chi connectivity index (χ2n) is 4.83. The topological polar surface area (TPSA) is 67.4 Å². The number of rotatable bonds is 9. The molecule has 1 fully saturated rings. The van der Waals surface area contributed by atoms with Crippen LogP contribution in [-0.4, -0.2) is 47.0 Å². The van der Waals surface area contributed by atoms with Crippen molar-refractivity contribution in [1.29, 1.82) is 0 Å². The van der Waals surface area contributed by atoms with Crippen molar-refractivity contribution in [2.75, 3.05) is 38.6 Å². The number of sulfonamides is 1. The van der Waals surface area contributed by atoms with E-state index in [-0.39, 0.29) is 5.75 Å². The molecule has 0 amide bonds. The van der Waals surface area contributed by atoms with E-state index < -0.39 is 10.0 Å². The summed E-state index contributed by atoms with van der Waals surface area (Å²) in [5.41, 5.74) is 0. The number of ether oxygens (including phenoxy) is 1. The zero-order valence-corrected chi connectivity index (χ0v) is 12.1. The fraction of sp³-hybridized carbons (Fsp3) is 1.00. The Hall–Kier alpha value is -0.170. The molecule has 0 bridgehead atoms. The zero-order valence-electron chi connectivity index (χ0n) is 11.3. The maximum atomic E-state index is 11.7. The van der Waals surface area contributed by atoms with Crippen molar-refractivity contribution in [3.63, 3.8) is 0 Å². The van der Waals surface area contributed by atoms with E-state index in [2.05, 4.69) is 17.0 Å². The minimum Gasteiger partial charge on any atom is -0.381 e. The fourth-order valence-corrected chi connectivity index (χ4v) is 3.11. The van der Waals surface area contributed by atoms with E-state index in [9.17, 15) is 8.42 Å². The third-order valence-electron chi connectivity index (χ3n) is 3.13. The Balaban J connectivity index is 2.10. The second-order valence-corrected chi connectivity index (χ2v) is 6.75. The van der Waals surface area contributed by atoms with Gasteiger partial charge in [-0.05, 0) is 44.7 Å². The molecule has 0 unspecified atom stereocenters. The predicted molar refractivity (Wildman–Crippen MR) is 73.1 cm³/mol. The maximum Gasteiger partial charge on any atom is 0.211 e. The Morgan fingerprint density at radius 3 is 2.61 bits per heavy atom. The summed E-state index contributed by atoms with van der Waals surface area (Å²) in [6.45, 7) is 5.90. The molecule has 0 aliphatic carbocycles. The summed E-state index contributed by atoms with van der Waals surface area (Å²) >= 11 is 0. The van der Waals surface area contributed by atoms with Gasteiger partial charge in [-0.1, -0.05) is 6.92 Å². The van der Waals surface area contributed by atoms with E-state index in [0.29, 0.717) is 18.9 Å². The molecule has 6 heteroatoms. The van der Waals surface area contributed by atoms with Crippen LogP contribution in [0.4, 0.5) is 0 Å². The highest BCUT2D eigenvalue weighted by atomic mass is 32.2. The first kappa shape index (κ1) is 15.9. The van der Waals surface area contributed by atoms with Gasteiger partial charge < -0.3 is 10.1 Å². The summed E-state index contributed by atoms with van der Waals surface area (Å²) < 4.78 is 31.4. The van der Waals surface area contributed by atoms with Gasteiger partial charge in [-0.2, -0.15) is 0 Å². The van der Waals surface area contributed by atoms with E-state index in [1.807, 2.05) is 0 Å². The molecule has 1 rings (SSSR count). The Morgan fingerprint density at radius 2 is 1.94 bits per heavy atom. The molecule has 0 aromatic heterocycles. The fourth-order valence-electron chi connectivity index (χ4n) is 1.96. The van der Waals surface area contributed by atoms with Gasteiger partial charge in [-0.15, -0.1) is 0 Å². The van der Waals surface area contributed by atoms with Crippen molar-refractivity contribution in [1.82, 2.24) is 10.0 Å². The zero-order chi connectivity index (χ0) is 13.3. The average molecular weight is 278 g/mol. The van der Waals surface area contributed by atoms with E-state index in [4.69, 9.17) is 4.74 Å². The standard InChI is InChI=1S/C12H26N2O3S/c1-2-6-13-7-3-10-18(15,16)14-11-12-4-8-17-9-5-12/h12-14H,2-11H2,1H3. The van der Waals surface area contributed by atoms with Crippen LogP contribution in [0.3, 0.4) is 0 Å². The molecule has 5 nitrogen and oxygen atoms in total. The van der Waals surface area contributed by atoms with Crippen LogP contribution in [0.2, 0.25) is 0 Å². The summed E-state index contributed by atoms with van der Waals surface area (Å²) in [5.74, 6) is 0.652. The smallest absolute Gasteiger partial charge is 0.211 e. The molecule has 0 atom stereocenters. The largest absolute Gasteiger partial charge is 0.381 e. The van der Waals surface area contributed by atoms with Crippen LogP contribution in [0.15, 0.2) is 0 Å². The van der Waals surface area contributed by atoms with Gasteiger partial charge >= 0.3 is 0 Å². The molecule has 1 aliphatic rings. The van der Waals surface area contributed by atoms with Crippen LogP contribution < -0.4 is 10.0 Å². The van der Waals surface area contributed by atoms with Crippen LogP contribution in [0, 0.1) is 5.92 Å². The van der Waals surface area contributed by atoms with Gasteiger partial charge in [0.2, 0.25) is 10.0 Å². The van der Waals surface area contributed by atoms with Gasteiger partial charge in [0, 0.05) is 19.8 Å².